The number of unbranched alkanes of at least 4 members (excludes halogenated alkanes) is 1. The van der Waals surface area contributed by atoms with Crippen molar-refractivity contribution in [3.05, 3.63) is 0 Å². The summed E-state index contributed by atoms with van der Waals surface area (Å²) in [6, 6.07) is 0. The summed E-state index contributed by atoms with van der Waals surface area (Å²) in [7, 11) is 0. The molecule has 0 bridgehead atoms. The van der Waals surface area contributed by atoms with Crippen LogP contribution in [0.15, 0.2) is 0 Å². The van der Waals surface area contributed by atoms with Crippen molar-refractivity contribution < 1.29 is 4.79 Å². The maximum atomic E-state index is 11.5. The van der Waals surface area contributed by atoms with Crippen LogP contribution in [0.3, 0.4) is 0 Å². The van der Waals surface area contributed by atoms with Gasteiger partial charge >= 0.3 is 0 Å². The molecule has 15 heavy (non-hydrogen) atoms. The van der Waals surface area contributed by atoms with Gasteiger partial charge in [0.25, 0.3) is 0 Å². The molecule has 0 saturated heterocycles. The molecule has 0 aliphatic rings. The van der Waals surface area contributed by atoms with Gasteiger partial charge in [0, 0.05) is 6.54 Å². The zero-order valence-electron chi connectivity index (χ0n) is 10.3. The Morgan fingerprint density at radius 2 is 1.80 bits per heavy atom. The van der Waals surface area contributed by atoms with E-state index in [0.717, 1.165) is 18.9 Å². The Labute approximate surface area is 102 Å². The summed E-state index contributed by atoms with van der Waals surface area (Å²) in [5.41, 5.74) is 0. The minimum atomic E-state index is -0.0531. The van der Waals surface area contributed by atoms with E-state index in [-0.39, 0.29) is 10.7 Å². The molecule has 3 heteroatoms. The highest BCUT2D eigenvalue weighted by atomic mass is 79.9. The molecule has 1 N–H and O–H groups in total. The summed E-state index contributed by atoms with van der Waals surface area (Å²) in [5.74, 6) is 1.23. The Morgan fingerprint density at radius 3 is 2.27 bits per heavy atom. The normalized spacial score (nSPS) is 13.3. The number of amides is 1. The van der Waals surface area contributed by atoms with Crippen molar-refractivity contribution in [1.29, 1.82) is 0 Å². The van der Waals surface area contributed by atoms with Crippen molar-refractivity contribution in [3.8, 4) is 0 Å². The largest absolute Gasteiger partial charge is 0.355 e. The lowest BCUT2D eigenvalue weighted by Gasteiger charge is -2.13. The third-order valence-electron chi connectivity index (χ3n) is 2.34. The van der Waals surface area contributed by atoms with Crippen LogP contribution in [0.25, 0.3) is 0 Å². The van der Waals surface area contributed by atoms with E-state index >= 15 is 0 Å². The second-order valence-corrected chi connectivity index (χ2v) is 5.81. The molecular weight excluding hydrogens is 254 g/mol. The van der Waals surface area contributed by atoms with Crippen molar-refractivity contribution >= 4 is 21.8 Å². The quantitative estimate of drug-likeness (QED) is 0.561. The van der Waals surface area contributed by atoms with Gasteiger partial charge in [0.05, 0.1) is 4.83 Å². The van der Waals surface area contributed by atoms with E-state index in [1.807, 2.05) is 13.8 Å². The Hall–Kier alpha value is -0.0500. The Morgan fingerprint density at radius 1 is 1.20 bits per heavy atom. The fraction of sp³-hybridized carbons (Fsp3) is 0.917. The molecule has 0 aliphatic carbocycles. The van der Waals surface area contributed by atoms with Gasteiger partial charge < -0.3 is 5.32 Å². The van der Waals surface area contributed by atoms with Gasteiger partial charge in [-0.3, -0.25) is 4.79 Å². The van der Waals surface area contributed by atoms with Crippen molar-refractivity contribution in [2.45, 2.75) is 51.8 Å². The molecule has 2 nitrogen and oxygen atoms in total. The summed E-state index contributed by atoms with van der Waals surface area (Å²) in [6.07, 6.45) is 3.53. The van der Waals surface area contributed by atoms with E-state index < -0.39 is 0 Å². The minimum Gasteiger partial charge on any atom is -0.355 e. The number of hydrogen-bond donors (Lipinski definition) is 1. The zero-order valence-corrected chi connectivity index (χ0v) is 11.9. The highest BCUT2D eigenvalue weighted by Crippen LogP contribution is 2.11. The highest BCUT2D eigenvalue weighted by Gasteiger charge is 2.17. The Balaban J connectivity index is 3.47. The molecule has 0 aromatic heterocycles. The summed E-state index contributed by atoms with van der Waals surface area (Å²) in [6.45, 7) is 9.34. The second-order valence-electron chi connectivity index (χ2n) is 4.83. The topological polar surface area (TPSA) is 29.1 Å². The van der Waals surface area contributed by atoms with E-state index in [4.69, 9.17) is 0 Å². The summed E-state index contributed by atoms with van der Waals surface area (Å²) < 4.78 is 0. The summed E-state index contributed by atoms with van der Waals surface area (Å²) in [5, 5.41) is 2.95. The molecule has 0 heterocycles. The van der Waals surface area contributed by atoms with E-state index in [0.29, 0.717) is 5.92 Å². The van der Waals surface area contributed by atoms with Gasteiger partial charge in [0.2, 0.25) is 5.91 Å². The fourth-order valence-electron chi connectivity index (χ4n) is 1.29. The van der Waals surface area contributed by atoms with Crippen LogP contribution in [-0.2, 0) is 4.79 Å². The SMILES string of the molecule is CC(C)CCCCNC(=O)[C@H](Br)C(C)C. The Bertz CT molecular complexity index is 180. The monoisotopic (exact) mass is 277 g/mol. The van der Waals surface area contributed by atoms with Crippen LogP contribution in [0, 0.1) is 11.8 Å². The predicted molar refractivity (Wildman–Crippen MR) is 69.3 cm³/mol. The molecule has 90 valence electrons. The van der Waals surface area contributed by atoms with Crippen molar-refractivity contribution in [2.75, 3.05) is 6.54 Å². The summed E-state index contributed by atoms with van der Waals surface area (Å²) in [4.78, 5) is 11.5. The third-order valence-corrected chi connectivity index (χ3v) is 3.82. The van der Waals surface area contributed by atoms with Crippen molar-refractivity contribution in [3.63, 3.8) is 0 Å². The third kappa shape index (κ3) is 7.83. The molecule has 0 spiro atoms. The maximum Gasteiger partial charge on any atom is 0.234 e. The molecule has 0 aromatic rings. The molecule has 0 radical (unpaired) electrons. The van der Waals surface area contributed by atoms with E-state index in [9.17, 15) is 4.79 Å². The molecule has 0 aliphatic heterocycles. The van der Waals surface area contributed by atoms with E-state index in [1.165, 1.54) is 12.8 Å². The first kappa shape index (κ1) is 14.9. The van der Waals surface area contributed by atoms with Crippen LogP contribution in [-0.4, -0.2) is 17.3 Å². The lowest BCUT2D eigenvalue weighted by molar-refractivity contribution is -0.121. The first-order valence-corrected chi connectivity index (χ1v) is 6.78. The fourth-order valence-corrected chi connectivity index (χ4v) is 1.45. The van der Waals surface area contributed by atoms with Crippen LogP contribution in [0.1, 0.15) is 47.0 Å². The van der Waals surface area contributed by atoms with Gasteiger partial charge in [-0.15, -0.1) is 0 Å². The predicted octanol–water partition coefficient (Wildman–Crippen LogP) is 3.35. The Kier molecular flexibility index (Phi) is 8.12. The van der Waals surface area contributed by atoms with Gasteiger partial charge in [-0.25, -0.2) is 0 Å². The van der Waals surface area contributed by atoms with Crippen LogP contribution < -0.4 is 5.32 Å². The van der Waals surface area contributed by atoms with E-state index in [1.54, 1.807) is 0 Å². The van der Waals surface area contributed by atoms with E-state index in [2.05, 4.69) is 35.1 Å². The number of carbonyl (C=O) groups excluding carboxylic acids is 1. The molecule has 1 atom stereocenters. The number of carbonyl (C=O) groups is 1. The van der Waals surface area contributed by atoms with Gasteiger partial charge in [-0.1, -0.05) is 56.5 Å². The van der Waals surface area contributed by atoms with Crippen LogP contribution >= 0.6 is 15.9 Å². The average molecular weight is 278 g/mol. The average Bonchev–Trinajstić information content (AvgIpc) is 2.15. The molecule has 0 unspecified atom stereocenters. The van der Waals surface area contributed by atoms with Crippen molar-refractivity contribution in [2.24, 2.45) is 11.8 Å². The number of nitrogens with one attached hydrogen (secondary N) is 1. The molecular formula is C12H24BrNO. The van der Waals surface area contributed by atoms with Crippen molar-refractivity contribution in [1.82, 2.24) is 5.32 Å². The van der Waals surface area contributed by atoms with Gasteiger partial charge in [-0.05, 0) is 18.3 Å². The molecule has 0 saturated carbocycles. The maximum absolute atomic E-state index is 11.5. The van der Waals surface area contributed by atoms with Crippen LogP contribution in [0.5, 0.6) is 0 Å². The zero-order chi connectivity index (χ0) is 11.8. The lowest BCUT2D eigenvalue weighted by Crippen LogP contribution is -2.34. The number of alkyl halides is 1. The highest BCUT2D eigenvalue weighted by molar-refractivity contribution is 9.10. The molecule has 0 fully saturated rings. The molecule has 0 aromatic carbocycles. The second kappa shape index (κ2) is 8.14. The van der Waals surface area contributed by atoms with Crippen LogP contribution in [0.4, 0.5) is 0 Å². The number of rotatable bonds is 7. The number of halogens is 1. The molecule has 0 rings (SSSR count). The minimum absolute atomic E-state index is 0.0531. The van der Waals surface area contributed by atoms with Gasteiger partial charge in [-0.2, -0.15) is 0 Å². The molecule has 1 amide bonds. The first-order valence-electron chi connectivity index (χ1n) is 5.87. The van der Waals surface area contributed by atoms with Gasteiger partial charge in [0.1, 0.15) is 0 Å². The summed E-state index contributed by atoms with van der Waals surface area (Å²) >= 11 is 3.39. The lowest BCUT2D eigenvalue weighted by atomic mass is 10.1. The van der Waals surface area contributed by atoms with Crippen LogP contribution in [0.2, 0.25) is 0 Å². The van der Waals surface area contributed by atoms with Gasteiger partial charge in [0.15, 0.2) is 0 Å². The first-order chi connectivity index (χ1) is 6.95. The standard InChI is InChI=1S/C12H24BrNO/c1-9(2)7-5-6-8-14-12(15)11(13)10(3)4/h9-11H,5-8H2,1-4H3,(H,14,15)/t11-/m1/s1. The number of hydrogen-bond acceptors (Lipinski definition) is 1. The smallest absolute Gasteiger partial charge is 0.234 e.